The molecule has 3 aromatic rings. The molecule has 138 valence electrons. The number of halogens is 1. The third kappa shape index (κ3) is 3.69. The predicted octanol–water partition coefficient (Wildman–Crippen LogP) is 3.65. The van der Waals surface area contributed by atoms with Gasteiger partial charge in [-0.1, -0.05) is 24.3 Å². The van der Waals surface area contributed by atoms with Crippen LogP contribution in [0.2, 0.25) is 0 Å². The van der Waals surface area contributed by atoms with E-state index < -0.39 is 5.82 Å². The molecular formula is C21H20FN3O2. The van der Waals surface area contributed by atoms with E-state index in [4.69, 9.17) is 4.74 Å². The molecule has 0 radical (unpaired) electrons. The van der Waals surface area contributed by atoms with Gasteiger partial charge in [-0.2, -0.15) is 5.10 Å². The zero-order valence-corrected chi connectivity index (χ0v) is 15.0. The van der Waals surface area contributed by atoms with E-state index in [1.165, 1.54) is 12.1 Å². The standard InChI is InChI=1S/C21H20FN3O2/c1-15-12-25-19(11-18(23-25)14-27-20-8-3-2-4-9-20)13-24(15)21(26)16-6-5-7-17(22)10-16/h2-11,15H,12-14H2,1H3. The fourth-order valence-corrected chi connectivity index (χ4v) is 3.28. The van der Waals surface area contributed by atoms with Crippen LogP contribution >= 0.6 is 0 Å². The molecule has 2 heterocycles. The smallest absolute Gasteiger partial charge is 0.254 e. The molecule has 6 heteroatoms. The third-order valence-corrected chi connectivity index (χ3v) is 4.68. The number of carbonyl (C=O) groups is 1. The summed E-state index contributed by atoms with van der Waals surface area (Å²) in [6.45, 7) is 3.38. The van der Waals surface area contributed by atoms with Gasteiger partial charge in [0.1, 0.15) is 23.9 Å². The van der Waals surface area contributed by atoms with E-state index >= 15 is 0 Å². The van der Waals surface area contributed by atoms with Gasteiger partial charge < -0.3 is 9.64 Å². The molecule has 2 aromatic carbocycles. The normalized spacial score (nSPS) is 16.1. The molecule has 1 atom stereocenters. The van der Waals surface area contributed by atoms with Crippen molar-refractivity contribution in [1.29, 1.82) is 0 Å². The maximum atomic E-state index is 13.5. The summed E-state index contributed by atoms with van der Waals surface area (Å²) in [7, 11) is 0. The van der Waals surface area contributed by atoms with Gasteiger partial charge in [0, 0.05) is 11.6 Å². The molecule has 1 amide bonds. The van der Waals surface area contributed by atoms with Gasteiger partial charge in [0.05, 0.1) is 18.8 Å². The summed E-state index contributed by atoms with van der Waals surface area (Å²) in [5.41, 5.74) is 2.13. The Hall–Kier alpha value is -3.15. The summed E-state index contributed by atoms with van der Waals surface area (Å²) in [5, 5.41) is 4.59. The second kappa shape index (κ2) is 7.23. The van der Waals surface area contributed by atoms with Crippen LogP contribution in [0.15, 0.2) is 60.7 Å². The quantitative estimate of drug-likeness (QED) is 0.709. The number of rotatable bonds is 4. The van der Waals surface area contributed by atoms with E-state index in [2.05, 4.69) is 5.10 Å². The molecule has 0 saturated heterocycles. The monoisotopic (exact) mass is 365 g/mol. The highest BCUT2D eigenvalue weighted by atomic mass is 19.1. The fraction of sp³-hybridized carbons (Fsp3) is 0.238. The van der Waals surface area contributed by atoms with Crippen LogP contribution in [0.25, 0.3) is 0 Å². The summed E-state index contributed by atoms with van der Waals surface area (Å²) < 4.78 is 21.1. The third-order valence-electron chi connectivity index (χ3n) is 4.68. The maximum absolute atomic E-state index is 13.5. The molecular weight excluding hydrogens is 345 g/mol. The summed E-state index contributed by atoms with van der Waals surface area (Å²) >= 11 is 0. The molecule has 5 nitrogen and oxygen atoms in total. The molecule has 1 aliphatic rings. The van der Waals surface area contributed by atoms with Crippen molar-refractivity contribution < 1.29 is 13.9 Å². The fourth-order valence-electron chi connectivity index (χ4n) is 3.28. The topological polar surface area (TPSA) is 47.4 Å². The van der Waals surface area contributed by atoms with Crippen LogP contribution in [0.1, 0.15) is 28.7 Å². The molecule has 0 spiro atoms. The van der Waals surface area contributed by atoms with Crippen LogP contribution in [-0.2, 0) is 19.7 Å². The van der Waals surface area contributed by atoms with Gasteiger partial charge in [-0.15, -0.1) is 0 Å². The highest BCUT2D eigenvalue weighted by molar-refractivity contribution is 5.94. The van der Waals surface area contributed by atoms with E-state index in [9.17, 15) is 9.18 Å². The van der Waals surface area contributed by atoms with Crippen LogP contribution in [0.4, 0.5) is 4.39 Å². The summed E-state index contributed by atoms with van der Waals surface area (Å²) in [6, 6.07) is 17.3. The SMILES string of the molecule is CC1Cn2nc(COc3ccccc3)cc2CN1C(=O)c1cccc(F)c1. The molecule has 1 aliphatic heterocycles. The molecule has 1 aromatic heterocycles. The molecule has 4 rings (SSSR count). The largest absolute Gasteiger partial charge is 0.487 e. The van der Waals surface area contributed by atoms with Crippen LogP contribution in [0.3, 0.4) is 0 Å². The Labute approximate surface area is 157 Å². The number of nitrogens with zero attached hydrogens (tertiary/aromatic N) is 3. The second-order valence-corrected chi connectivity index (χ2v) is 6.70. The molecule has 0 bridgehead atoms. The first-order chi connectivity index (χ1) is 13.1. The number of para-hydroxylation sites is 1. The van der Waals surface area contributed by atoms with E-state index in [0.29, 0.717) is 25.3 Å². The number of benzene rings is 2. The lowest BCUT2D eigenvalue weighted by atomic mass is 10.1. The van der Waals surface area contributed by atoms with Crippen molar-refractivity contribution in [2.75, 3.05) is 0 Å². The Bertz CT molecular complexity index is 955. The first-order valence-corrected chi connectivity index (χ1v) is 8.90. The number of carbonyl (C=O) groups excluding carboxylic acids is 1. The molecule has 1 unspecified atom stereocenters. The van der Waals surface area contributed by atoms with Crippen molar-refractivity contribution in [3.05, 3.63) is 83.4 Å². The Balaban J connectivity index is 1.48. The minimum absolute atomic E-state index is 0.0314. The van der Waals surface area contributed by atoms with E-state index in [-0.39, 0.29) is 11.9 Å². The Kier molecular flexibility index (Phi) is 4.62. The minimum atomic E-state index is -0.407. The molecule has 0 aliphatic carbocycles. The number of hydrogen-bond donors (Lipinski definition) is 0. The molecule has 0 N–H and O–H groups in total. The lowest BCUT2D eigenvalue weighted by molar-refractivity contribution is 0.0606. The van der Waals surface area contributed by atoms with Crippen LogP contribution in [0, 0.1) is 5.82 Å². The van der Waals surface area contributed by atoms with Crippen LogP contribution in [0.5, 0.6) is 5.75 Å². The Morgan fingerprint density at radius 1 is 1.19 bits per heavy atom. The Morgan fingerprint density at radius 3 is 2.78 bits per heavy atom. The van der Waals surface area contributed by atoms with Crippen molar-refractivity contribution in [3.8, 4) is 5.75 Å². The first kappa shape index (κ1) is 17.3. The van der Waals surface area contributed by atoms with Gasteiger partial charge in [0.25, 0.3) is 5.91 Å². The van der Waals surface area contributed by atoms with Gasteiger partial charge in [-0.05, 0) is 43.3 Å². The molecule has 27 heavy (non-hydrogen) atoms. The van der Waals surface area contributed by atoms with Gasteiger partial charge in [-0.3, -0.25) is 9.48 Å². The van der Waals surface area contributed by atoms with Gasteiger partial charge >= 0.3 is 0 Å². The van der Waals surface area contributed by atoms with E-state index in [0.717, 1.165) is 17.1 Å². The average Bonchev–Trinajstić information content (AvgIpc) is 3.07. The number of ether oxygens (including phenoxy) is 1. The van der Waals surface area contributed by atoms with Crippen molar-refractivity contribution in [3.63, 3.8) is 0 Å². The highest BCUT2D eigenvalue weighted by Crippen LogP contribution is 2.22. The maximum Gasteiger partial charge on any atom is 0.254 e. The van der Waals surface area contributed by atoms with Crippen molar-refractivity contribution in [2.45, 2.75) is 32.7 Å². The van der Waals surface area contributed by atoms with Gasteiger partial charge in [-0.25, -0.2) is 4.39 Å². The average molecular weight is 365 g/mol. The first-order valence-electron chi connectivity index (χ1n) is 8.90. The summed E-state index contributed by atoms with van der Waals surface area (Å²) in [4.78, 5) is 14.6. The Morgan fingerprint density at radius 2 is 2.00 bits per heavy atom. The zero-order chi connectivity index (χ0) is 18.8. The number of hydrogen-bond acceptors (Lipinski definition) is 3. The van der Waals surface area contributed by atoms with Crippen LogP contribution in [-0.4, -0.2) is 26.6 Å². The second-order valence-electron chi connectivity index (χ2n) is 6.70. The summed E-state index contributed by atoms with van der Waals surface area (Å²) in [6.07, 6.45) is 0. The lowest BCUT2D eigenvalue weighted by Gasteiger charge is -2.34. The lowest BCUT2D eigenvalue weighted by Crippen LogP contribution is -2.44. The zero-order valence-electron chi connectivity index (χ0n) is 15.0. The summed E-state index contributed by atoms with van der Waals surface area (Å²) in [5.74, 6) is 0.215. The highest BCUT2D eigenvalue weighted by Gasteiger charge is 2.29. The number of aromatic nitrogens is 2. The van der Waals surface area contributed by atoms with Gasteiger partial charge in [0.2, 0.25) is 0 Å². The molecule has 0 saturated carbocycles. The van der Waals surface area contributed by atoms with Crippen molar-refractivity contribution in [2.24, 2.45) is 0 Å². The van der Waals surface area contributed by atoms with E-state index in [1.807, 2.05) is 48.0 Å². The van der Waals surface area contributed by atoms with Crippen LogP contribution < -0.4 is 4.74 Å². The number of amides is 1. The van der Waals surface area contributed by atoms with Crippen molar-refractivity contribution >= 4 is 5.91 Å². The minimum Gasteiger partial charge on any atom is -0.487 e. The van der Waals surface area contributed by atoms with E-state index in [1.54, 1.807) is 17.0 Å². The predicted molar refractivity (Wildman–Crippen MR) is 98.7 cm³/mol. The van der Waals surface area contributed by atoms with Gasteiger partial charge in [0.15, 0.2) is 0 Å². The molecule has 0 fully saturated rings. The van der Waals surface area contributed by atoms with Crippen molar-refractivity contribution in [1.82, 2.24) is 14.7 Å². The number of fused-ring (bicyclic) bond motifs is 1.